The first-order valence-corrected chi connectivity index (χ1v) is 14.1. The van der Waals surface area contributed by atoms with Crippen molar-refractivity contribution in [3.05, 3.63) is 108 Å². The van der Waals surface area contributed by atoms with E-state index in [2.05, 4.69) is 6.92 Å². The number of rotatable bonds is 13. The predicted molar refractivity (Wildman–Crippen MR) is 148 cm³/mol. The lowest BCUT2D eigenvalue weighted by Gasteiger charge is -2.45. The Morgan fingerprint density at radius 3 is 1.74 bits per heavy atom. The lowest BCUT2D eigenvalue weighted by atomic mass is 9.99. The van der Waals surface area contributed by atoms with Gasteiger partial charge in [-0.25, -0.2) is 0 Å². The van der Waals surface area contributed by atoms with Gasteiger partial charge in [0, 0.05) is 6.92 Å². The molecule has 0 saturated carbocycles. The first kappa shape index (κ1) is 28.3. The van der Waals surface area contributed by atoms with Crippen molar-refractivity contribution in [1.29, 1.82) is 0 Å². The second-order valence-electron chi connectivity index (χ2n) is 9.10. The van der Waals surface area contributed by atoms with E-state index in [1.807, 2.05) is 91.0 Å². The number of carbonyl (C=O) groups is 1. The van der Waals surface area contributed by atoms with Crippen molar-refractivity contribution in [3.63, 3.8) is 0 Å². The van der Waals surface area contributed by atoms with Crippen LogP contribution in [-0.4, -0.2) is 48.2 Å². The average Bonchev–Trinajstić information content (AvgIpc) is 2.94. The Hall–Kier alpha value is -2.68. The van der Waals surface area contributed by atoms with E-state index in [1.165, 1.54) is 6.92 Å². The van der Waals surface area contributed by atoms with E-state index < -0.39 is 24.4 Å². The Morgan fingerprint density at radius 1 is 0.737 bits per heavy atom. The highest BCUT2D eigenvalue weighted by Gasteiger charge is 2.49. The molecule has 1 aliphatic heterocycles. The van der Waals surface area contributed by atoms with Crippen LogP contribution in [0.4, 0.5) is 0 Å². The fourth-order valence-electron chi connectivity index (χ4n) is 4.41. The Labute approximate surface area is 229 Å². The minimum atomic E-state index is -0.664. The summed E-state index contributed by atoms with van der Waals surface area (Å²) in [5, 5.41) is 0. The number of hydrogen-bond acceptors (Lipinski definition) is 7. The van der Waals surface area contributed by atoms with Crippen molar-refractivity contribution in [2.24, 2.45) is 0 Å². The van der Waals surface area contributed by atoms with Gasteiger partial charge in [0.15, 0.2) is 6.10 Å². The SMILES string of the molecule is CCS[C@@H]1O[C@H](COCc2ccccc2)[C@H](OCc2ccccc2)[C@H](OC(C)=O)[C@H]1OCc1ccccc1. The lowest BCUT2D eigenvalue weighted by molar-refractivity contribution is -0.248. The van der Waals surface area contributed by atoms with E-state index in [4.69, 9.17) is 23.7 Å². The van der Waals surface area contributed by atoms with E-state index >= 15 is 0 Å². The smallest absolute Gasteiger partial charge is 0.303 e. The molecule has 0 radical (unpaired) electrons. The molecule has 0 aromatic heterocycles. The van der Waals surface area contributed by atoms with Crippen LogP contribution in [0.25, 0.3) is 0 Å². The standard InChI is InChI=1S/C31H36O6S/c1-3-38-31-30(35-21-26-17-11-6-12-18-26)29(36-23(2)32)28(34-20-25-15-9-5-10-16-25)27(37-31)22-33-19-24-13-7-4-8-14-24/h4-18,27-31H,3,19-22H2,1-2H3/t27-,28+,29+,30-,31+/m1/s1. The summed E-state index contributed by atoms with van der Waals surface area (Å²) in [5.41, 5.74) is 2.77. The Kier molecular flexibility index (Phi) is 11.2. The van der Waals surface area contributed by atoms with Gasteiger partial charge in [0.2, 0.25) is 0 Å². The molecule has 6 nitrogen and oxygen atoms in total. The Morgan fingerprint density at radius 2 is 1.24 bits per heavy atom. The van der Waals surface area contributed by atoms with Crippen molar-refractivity contribution in [2.45, 2.75) is 63.5 Å². The van der Waals surface area contributed by atoms with Crippen molar-refractivity contribution in [3.8, 4) is 0 Å². The zero-order valence-electron chi connectivity index (χ0n) is 21.9. The summed E-state index contributed by atoms with van der Waals surface area (Å²) in [5.74, 6) is 0.429. The van der Waals surface area contributed by atoms with Crippen LogP contribution >= 0.6 is 11.8 Å². The maximum atomic E-state index is 12.3. The first-order chi connectivity index (χ1) is 18.6. The van der Waals surface area contributed by atoms with Gasteiger partial charge >= 0.3 is 5.97 Å². The first-order valence-electron chi connectivity index (χ1n) is 13.0. The Bertz CT molecular complexity index is 1080. The number of carbonyl (C=O) groups excluding carboxylic acids is 1. The molecule has 0 unspecified atom stereocenters. The number of ether oxygens (including phenoxy) is 5. The largest absolute Gasteiger partial charge is 0.457 e. The van der Waals surface area contributed by atoms with E-state index in [1.54, 1.807) is 11.8 Å². The van der Waals surface area contributed by atoms with Gasteiger partial charge in [-0.2, -0.15) is 0 Å². The van der Waals surface area contributed by atoms with E-state index in [0.717, 1.165) is 22.4 Å². The molecule has 0 aliphatic carbocycles. The summed E-state index contributed by atoms with van der Waals surface area (Å²) in [6.45, 7) is 4.94. The molecule has 0 amide bonds. The number of thioether (sulfide) groups is 1. The Balaban J connectivity index is 1.56. The van der Waals surface area contributed by atoms with Gasteiger partial charge < -0.3 is 23.7 Å². The fraction of sp³-hybridized carbons (Fsp3) is 0.387. The molecular formula is C31H36O6S. The second-order valence-corrected chi connectivity index (χ2v) is 10.5. The number of benzene rings is 3. The molecule has 1 fully saturated rings. The van der Waals surface area contributed by atoms with Gasteiger partial charge in [-0.1, -0.05) is 97.9 Å². The highest BCUT2D eigenvalue weighted by Crippen LogP contribution is 2.35. The number of hydrogen-bond donors (Lipinski definition) is 0. The molecule has 5 atom stereocenters. The maximum Gasteiger partial charge on any atom is 0.303 e. The molecule has 7 heteroatoms. The monoisotopic (exact) mass is 536 g/mol. The van der Waals surface area contributed by atoms with Crippen LogP contribution in [0.15, 0.2) is 91.0 Å². The highest BCUT2D eigenvalue weighted by atomic mass is 32.2. The van der Waals surface area contributed by atoms with Gasteiger partial charge in [-0.3, -0.25) is 4.79 Å². The van der Waals surface area contributed by atoms with Crippen molar-refractivity contribution in [1.82, 2.24) is 0 Å². The van der Waals surface area contributed by atoms with Gasteiger partial charge in [0.05, 0.1) is 26.4 Å². The summed E-state index contributed by atoms with van der Waals surface area (Å²) in [4.78, 5) is 12.3. The average molecular weight is 537 g/mol. The topological polar surface area (TPSA) is 63.2 Å². The minimum Gasteiger partial charge on any atom is -0.457 e. The molecule has 3 aromatic rings. The van der Waals surface area contributed by atoms with Crippen LogP contribution in [0.2, 0.25) is 0 Å². The molecule has 38 heavy (non-hydrogen) atoms. The van der Waals surface area contributed by atoms with E-state index in [9.17, 15) is 4.79 Å². The normalized spacial score (nSPS) is 23.2. The third kappa shape index (κ3) is 8.41. The molecule has 0 N–H and O–H groups in total. The molecule has 1 saturated heterocycles. The van der Waals surface area contributed by atoms with Crippen LogP contribution in [0.1, 0.15) is 30.5 Å². The lowest BCUT2D eigenvalue weighted by Crippen LogP contribution is -2.60. The van der Waals surface area contributed by atoms with Crippen LogP contribution in [0, 0.1) is 0 Å². The van der Waals surface area contributed by atoms with Gasteiger partial charge in [-0.15, -0.1) is 11.8 Å². The van der Waals surface area contributed by atoms with Gasteiger partial charge in [0.1, 0.15) is 23.7 Å². The summed E-state index contributed by atoms with van der Waals surface area (Å²) >= 11 is 1.63. The molecule has 1 aliphatic rings. The quantitative estimate of drug-likeness (QED) is 0.257. The van der Waals surface area contributed by atoms with Crippen LogP contribution in [-0.2, 0) is 48.3 Å². The maximum absolute atomic E-state index is 12.3. The second kappa shape index (κ2) is 15.0. The zero-order chi connectivity index (χ0) is 26.6. The van der Waals surface area contributed by atoms with Gasteiger partial charge in [-0.05, 0) is 22.4 Å². The van der Waals surface area contributed by atoms with Crippen molar-refractivity contribution < 1.29 is 28.5 Å². The molecule has 4 rings (SSSR count). The van der Waals surface area contributed by atoms with Crippen LogP contribution in [0.3, 0.4) is 0 Å². The highest BCUT2D eigenvalue weighted by molar-refractivity contribution is 7.99. The molecule has 3 aromatic carbocycles. The number of esters is 1. The minimum absolute atomic E-state index is 0.290. The van der Waals surface area contributed by atoms with Crippen LogP contribution < -0.4 is 0 Å². The summed E-state index contributed by atoms with van der Waals surface area (Å²) in [7, 11) is 0. The summed E-state index contributed by atoms with van der Waals surface area (Å²) in [6.07, 6.45) is -2.21. The summed E-state index contributed by atoms with van der Waals surface area (Å²) in [6, 6.07) is 29.9. The third-order valence-corrected chi connectivity index (χ3v) is 7.23. The molecular weight excluding hydrogens is 500 g/mol. The molecule has 0 spiro atoms. The summed E-state index contributed by atoms with van der Waals surface area (Å²) < 4.78 is 31.4. The van der Waals surface area contributed by atoms with E-state index in [-0.39, 0.29) is 18.0 Å². The fourth-order valence-corrected chi connectivity index (χ4v) is 5.39. The van der Waals surface area contributed by atoms with Gasteiger partial charge in [0.25, 0.3) is 0 Å². The van der Waals surface area contributed by atoms with E-state index in [0.29, 0.717) is 19.8 Å². The van der Waals surface area contributed by atoms with Crippen molar-refractivity contribution >= 4 is 17.7 Å². The van der Waals surface area contributed by atoms with Crippen molar-refractivity contribution in [2.75, 3.05) is 12.4 Å². The molecule has 1 heterocycles. The third-order valence-electron chi connectivity index (χ3n) is 6.19. The molecule has 0 bridgehead atoms. The zero-order valence-corrected chi connectivity index (χ0v) is 22.8. The molecule has 202 valence electrons. The predicted octanol–water partition coefficient (Wildman–Crippen LogP) is 5.78. The van der Waals surface area contributed by atoms with Crippen LogP contribution in [0.5, 0.6) is 0 Å².